The molecule has 2 bridgehead atoms. The maximum Gasteiger partial charge on any atom is 0.220 e. The van der Waals surface area contributed by atoms with Crippen molar-refractivity contribution in [3.8, 4) is 0 Å². The molecule has 2 unspecified atom stereocenters. The summed E-state index contributed by atoms with van der Waals surface area (Å²) in [5, 5.41) is 6.80. The van der Waals surface area contributed by atoms with E-state index in [1.54, 1.807) is 11.8 Å². The topological polar surface area (TPSA) is 41.1 Å². The standard InChI is InChI=1S/C22H26N2OS.ClH/c25-22(14-16-12-18-10-11-19(13-16)24-18)23-15-17-6-4-5-9-21(17)26-20-7-2-1-3-8-20;/h1-9,16,18-19,24H,10-15H2,(H,23,25);1H. The minimum Gasteiger partial charge on any atom is -0.352 e. The molecule has 27 heavy (non-hydrogen) atoms. The molecule has 5 heteroatoms. The van der Waals surface area contributed by atoms with E-state index < -0.39 is 0 Å². The van der Waals surface area contributed by atoms with E-state index >= 15 is 0 Å². The van der Waals surface area contributed by atoms with Crippen molar-refractivity contribution in [1.29, 1.82) is 0 Å². The van der Waals surface area contributed by atoms with Gasteiger partial charge in [-0.15, -0.1) is 12.4 Å². The second kappa shape index (κ2) is 9.63. The number of nitrogens with one attached hydrogen (secondary N) is 2. The van der Waals surface area contributed by atoms with Crippen molar-refractivity contribution < 1.29 is 4.79 Å². The van der Waals surface area contributed by atoms with E-state index in [-0.39, 0.29) is 18.3 Å². The van der Waals surface area contributed by atoms with Crippen LogP contribution in [0.5, 0.6) is 0 Å². The first-order chi connectivity index (χ1) is 12.8. The molecule has 2 fully saturated rings. The SMILES string of the molecule is Cl.O=C(CC1CC2CCC(C1)N2)NCc1ccccc1Sc1ccccc1. The molecule has 2 aromatic rings. The Labute approximate surface area is 172 Å². The molecular formula is C22H27ClN2OS. The fourth-order valence-electron chi connectivity index (χ4n) is 4.23. The summed E-state index contributed by atoms with van der Waals surface area (Å²) in [5.74, 6) is 0.735. The van der Waals surface area contributed by atoms with E-state index in [1.165, 1.54) is 28.2 Å². The number of benzene rings is 2. The zero-order valence-corrected chi connectivity index (χ0v) is 17.0. The Kier molecular flexibility index (Phi) is 7.22. The van der Waals surface area contributed by atoms with Gasteiger partial charge in [0.15, 0.2) is 0 Å². The van der Waals surface area contributed by atoms with Gasteiger partial charge in [0.25, 0.3) is 0 Å². The molecule has 2 heterocycles. The van der Waals surface area contributed by atoms with E-state index in [0.29, 0.717) is 31.0 Å². The molecule has 2 saturated heterocycles. The normalized spacial score (nSPS) is 23.5. The summed E-state index contributed by atoms with van der Waals surface area (Å²) in [6, 6.07) is 20.0. The highest BCUT2D eigenvalue weighted by atomic mass is 35.5. The third kappa shape index (κ3) is 5.50. The van der Waals surface area contributed by atoms with Crippen molar-refractivity contribution in [1.82, 2.24) is 10.6 Å². The van der Waals surface area contributed by atoms with Crippen LogP contribution in [-0.2, 0) is 11.3 Å². The molecule has 0 aromatic heterocycles. The number of piperidine rings is 1. The Morgan fingerprint density at radius 3 is 2.41 bits per heavy atom. The predicted molar refractivity (Wildman–Crippen MR) is 113 cm³/mol. The average Bonchev–Trinajstić information content (AvgIpc) is 3.00. The lowest BCUT2D eigenvalue weighted by atomic mass is 9.89. The van der Waals surface area contributed by atoms with Crippen molar-refractivity contribution in [2.45, 2.75) is 60.5 Å². The Hall–Kier alpha value is -1.49. The number of carbonyl (C=O) groups is 1. The molecule has 0 spiro atoms. The molecule has 3 nitrogen and oxygen atoms in total. The summed E-state index contributed by atoms with van der Waals surface area (Å²) in [4.78, 5) is 14.9. The molecule has 1 amide bonds. The van der Waals surface area contributed by atoms with Crippen LogP contribution in [0, 0.1) is 5.92 Å². The largest absolute Gasteiger partial charge is 0.352 e. The molecule has 0 radical (unpaired) electrons. The third-order valence-corrected chi connectivity index (χ3v) is 6.59. The van der Waals surface area contributed by atoms with Gasteiger partial charge < -0.3 is 10.6 Å². The van der Waals surface area contributed by atoms with Gasteiger partial charge >= 0.3 is 0 Å². The van der Waals surface area contributed by atoms with Crippen molar-refractivity contribution in [3.63, 3.8) is 0 Å². The fourth-order valence-corrected chi connectivity index (χ4v) is 5.20. The van der Waals surface area contributed by atoms with Gasteiger partial charge in [-0.05, 0) is 55.4 Å². The van der Waals surface area contributed by atoms with Gasteiger partial charge in [-0.3, -0.25) is 4.79 Å². The highest BCUT2D eigenvalue weighted by Gasteiger charge is 2.34. The lowest BCUT2D eigenvalue weighted by Crippen LogP contribution is -2.39. The van der Waals surface area contributed by atoms with Gasteiger partial charge in [0, 0.05) is 34.8 Å². The van der Waals surface area contributed by atoms with Gasteiger partial charge in [0.1, 0.15) is 0 Å². The summed E-state index contributed by atoms with van der Waals surface area (Å²) in [6.07, 6.45) is 5.55. The number of hydrogen-bond donors (Lipinski definition) is 2. The maximum absolute atomic E-state index is 12.4. The van der Waals surface area contributed by atoms with Gasteiger partial charge in [-0.1, -0.05) is 48.2 Å². The summed E-state index contributed by atoms with van der Waals surface area (Å²) in [5.41, 5.74) is 1.18. The van der Waals surface area contributed by atoms with Crippen LogP contribution in [0.15, 0.2) is 64.4 Å². The van der Waals surface area contributed by atoms with E-state index in [4.69, 9.17) is 0 Å². The van der Waals surface area contributed by atoms with E-state index in [9.17, 15) is 4.79 Å². The fraction of sp³-hybridized carbons (Fsp3) is 0.409. The van der Waals surface area contributed by atoms with Crippen molar-refractivity contribution >= 4 is 30.1 Å². The number of amides is 1. The maximum atomic E-state index is 12.4. The van der Waals surface area contributed by atoms with Crippen molar-refractivity contribution in [2.75, 3.05) is 0 Å². The predicted octanol–water partition coefficient (Wildman–Crippen LogP) is 4.80. The number of fused-ring (bicyclic) bond motifs is 2. The highest BCUT2D eigenvalue weighted by molar-refractivity contribution is 7.99. The third-order valence-electron chi connectivity index (χ3n) is 5.46. The minimum absolute atomic E-state index is 0. The Morgan fingerprint density at radius 2 is 1.67 bits per heavy atom. The summed E-state index contributed by atoms with van der Waals surface area (Å²) >= 11 is 1.75. The van der Waals surface area contributed by atoms with E-state index in [2.05, 4.69) is 53.1 Å². The van der Waals surface area contributed by atoms with Gasteiger partial charge in [0.05, 0.1) is 0 Å². The number of carbonyl (C=O) groups excluding carboxylic acids is 1. The van der Waals surface area contributed by atoms with Crippen LogP contribution in [-0.4, -0.2) is 18.0 Å². The monoisotopic (exact) mass is 402 g/mol. The molecule has 2 aromatic carbocycles. The Balaban J connectivity index is 0.00000210. The second-order valence-electron chi connectivity index (χ2n) is 7.48. The van der Waals surface area contributed by atoms with Crippen LogP contribution < -0.4 is 10.6 Å². The summed E-state index contributed by atoms with van der Waals surface area (Å²) in [7, 11) is 0. The molecule has 4 rings (SSSR count). The molecule has 144 valence electrons. The zero-order valence-electron chi connectivity index (χ0n) is 15.4. The molecule has 0 aliphatic carbocycles. The van der Waals surface area contributed by atoms with Crippen LogP contribution in [0.2, 0.25) is 0 Å². The number of halogens is 1. The molecular weight excluding hydrogens is 376 g/mol. The van der Waals surface area contributed by atoms with Crippen LogP contribution >= 0.6 is 24.2 Å². The smallest absolute Gasteiger partial charge is 0.220 e. The van der Waals surface area contributed by atoms with Crippen molar-refractivity contribution in [3.05, 3.63) is 60.2 Å². The lowest BCUT2D eigenvalue weighted by molar-refractivity contribution is -0.122. The molecule has 2 aliphatic rings. The van der Waals surface area contributed by atoms with Crippen LogP contribution in [0.25, 0.3) is 0 Å². The van der Waals surface area contributed by atoms with Gasteiger partial charge in [-0.2, -0.15) is 0 Å². The molecule has 0 saturated carbocycles. The molecule has 2 atom stereocenters. The highest BCUT2D eigenvalue weighted by Crippen LogP contribution is 2.33. The summed E-state index contributed by atoms with van der Waals surface area (Å²) in [6.45, 7) is 0.604. The van der Waals surface area contributed by atoms with Crippen LogP contribution in [0.4, 0.5) is 0 Å². The lowest BCUT2D eigenvalue weighted by Gasteiger charge is -2.28. The molecule has 2 aliphatic heterocycles. The first kappa shape index (κ1) is 20.2. The number of rotatable bonds is 6. The minimum atomic E-state index is 0. The Bertz CT molecular complexity index is 743. The average molecular weight is 403 g/mol. The van der Waals surface area contributed by atoms with Gasteiger partial charge in [0.2, 0.25) is 5.91 Å². The van der Waals surface area contributed by atoms with Crippen LogP contribution in [0.1, 0.15) is 37.7 Å². The summed E-state index contributed by atoms with van der Waals surface area (Å²) < 4.78 is 0. The number of hydrogen-bond acceptors (Lipinski definition) is 3. The molecule has 2 N–H and O–H groups in total. The van der Waals surface area contributed by atoms with Gasteiger partial charge in [-0.25, -0.2) is 0 Å². The first-order valence-electron chi connectivity index (χ1n) is 9.60. The van der Waals surface area contributed by atoms with Crippen molar-refractivity contribution in [2.24, 2.45) is 5.92 Å². The van der Waals surface area contributed by atoms with Crippen LogP contribution in [0.3, 0.4) is 0 Å². The Morgan fingerprint density at radius 1 is 1.00 bits per heavy atom. The zero-order chi connectivity index (χ0) is 17.8. The second-order valence-corrected chi connectivity index (χ2v) is 8.59. The van der Waals surface area contributed by atoms with E-state index in [1.807, 2.05) is 12.1 Å². The quantitative estimate of drug-likeness (QED) is 0.729. The van der Waals surface area contributed by atoms with E-state index in [0.717, 1.165) is 12.8 Å². The first-order valence-corrected chi connectivity index (χ1v) is 10.4.